The van der Waals surface area contributed by atoms with Gasteiger partial charge >= 0.3 is 0 Å². The van der Waals surface area contributed by atoms with Gasteiger partial charge in [0.25, 0.3) is 0 Å². The number of nitrogens with two attached hydrogens (primary N) is 1. The third-order valence-electron chi connectivity index (χ3n) is 1.46. The Morgan fingerprint density at radius 2 is 2.27 bits per heavy atom. The number of anilines is 1. The van der Waals surface area contributed by atoms with Gasteiger partial charge in [0.2, 0.25) is 0 Å². The average Bonchev–Trinajstić information content (AvgIpc) is 2.31. The predicted molar refractivity (Wildman–Crippen MR) is 47.3 cm³/mol. The fraction of sp³-hybridized carbons (Fsp3) is 0. The number of hydrogen-bond donors (Lipinski definition) is 1. The van der Waals surface area contributed by atoms with Gasteiger partial charge in [-0.25, -0.2) is 4.98 Å². The number of nitrogens with zero attached hydrogens (tertiary/aromatic N) is 2. The van der Waals surface area contributed by atoms with Gasteiger partial charge < -0.3 is 5.73 Å². The largest absolute Gasteiger partial charge is 0.382 e. The van der Waals surface area contributed by atoms with Crippen molar-refractivity contribution in [2.24, 2.45) is 0 Å². The standard InChI is InChI=1S/C7H6BrN3/c8-5-2-1-3-7-10-6(9)4-11(5)7/h1-4H,9H2. The molecule has 0 aliphatic heterocycles. The fourth-order valence-corrected chi connectivity index (χ4v) is 1.43. The zero-order valence-corrected chi connectivity index (χ0v) is 7.25. The van der Waals surface area contributed by atoms with E-state index >= 15 is 0 Å². The van der Waals surface area contributed by atoms with Crippen molar-refractivity contribution >= 4 is 27.4 Å². The lowest BCUT2D eigenvalue weighted by Gasteiger charge is -1.93. The molecule has 11 heavy (non-hydrogen) atoms. The van der Waals surface area contributed by atoms with Crippen LogP contribution in [0.3, 0.4) is 0 Å². The minimum absolute atomic E-state index is 0.539. The van der Waals surface area contributed by atoms with Crippen LogP contribution in [0.25, 0.3) is 5.65 Å². The molecule has 0 spiro atoms. The first kappa shape index (κ1) is 6.67. The summed E-state index contributed by atoms with van der Waals surface area (Å²) in [5.74, 6) is 0.539. The van der Waals surface area contributed by atoms with Crippen molar-refractivity contribution in [3.8, 4) is 0 Å². The summed E-state index contributed by atoms with van der Waals surface area (Å²) in [5, 5.41) is 0. The van der Waals surface area contributed by atoms with Crippen LogP contribution < -0.4 is 5.73 Å². The minimum Gasteiger partial charge on any atom is -0.382 e. The maximum atomic E-state index is 5.51. The number of fused-ring (bicyclic) bond motifs is 1. The van der Waals surface area contributed by atoms with Crippen LogP contribution in [0.4, 0.5) is 5.82 Å². The van der Waals surface area contributed by atoms with Crippen LogP contribution in [0.15, 0.2) is 29.0 Å². The van der Waals surface area contributed by atoms with Gasteiger partial charge in [0.15, 0.2) is 0 Å². The highest BCUT2D eigenvalue weighted by Crippen LogP contribution is 2.14. The van der Waals surface area contributed by atoms with E-state index in [9.17, 15) is 0 Å². The Morgan fingerprint density at radius 1 is 1.45 bits per heavy atom. The van der Waals surface area contributed by atoms with E-state index in [0.717, 1.165) is 10.3 Å². The lowest BCUT2D eigenvalue weighted by atomic mass is 10.5. The van der Waals surface area contributed by atoms with Crippen molar-refractivity contribution in [1.82, 2.24) is 9.38 Å². The van der Waals surface area contributed by atoms with Crippen molar-refractivity contribution in [3.63, 3.8) is 0 Å². The molecule has 56 valence electrons. The Morgan fingerprint density at radius 3 is 3.00 bits per heavy atom. The zero-order chi connectivity index (χ0) is 7.84. The topological polar surface area (TPSA) is 43.3 Å². The molecule has 0 saturated carbocycles. The molecule has 2 rings (SSSR count). The van der Waals surface area contributed by atoms with Gasteiger partial charge in [0, 0.05) is 0 Å². The quantitative estimate of drug-likeness (QED) is 0.675. The molecule has 0 fully saturated rings. The summed E-state index contributed by atoms with van der Waals surface area (Å²) in [6.45, 7) is 0. The van der Waals surface area contributed by atoms with E-state index in [1.165, 1.54) is 0 Å². The molecule has 0 radical (unpaired) electrons. The normalized spacial score (nSPS) is 10.6. The Balaban J connectivity index is 2.90. The number of pyridine rings is 1. The van der Waals surface area contributed by atoms with Crippen LogP contribution in [0.2, 0.25) is 0 Å². The summed E-state index contributed by atoms with van der Waals surface area (Å²) in [5.41, 5.74) is 6.36. The van der Waals surface area contributed by atoms with Crippen LogP contribution >= 0.6 is 15.9 Å². The van der Waals surface area contributed by atoms with Gasteiger partial charge in [0.1, 0.15) is 11.5 Å². The highest BCUT2D eigenvalue weighted by Gasteiger charge is 1.98. The van der Waals surface area contributed by atoms with Crippen molar-refractivity contribution in [2.75, 3.05) is 5.73 Å². The van der Waals surface area contributed by atoms with E-state index in [1.54, 1.807) is 6.20 Å². The Kier molecular flexibility index (Phi) is 1.35. The van der Waals surface area contributed by atoms with Crippen LogP contribution in [-0.4, -0.2) is 9.38 Å². The number of nitrogen functional groups attached to an aromatic ring is 1. The van der Waals surface area contributed by atoms with Crippen molar-refractivity contribution in [1.29, 1.82) is 0 Å². The highest BCUT2D eigenvalue weighted by atomic mass is 79.9. The Bertz CT molecular complexity index is 393. The monoisotopic (exact) mass is 211 g/mol. The molecule has 2 aromatic heterocycles. The van der Waals surface area contributed by atoms with Crippen LogP contribution in [0.1, 0.15) is 0 Å². The Labute approximate surface area is 72.0 Å². The van der Waals surface area contributed by atoms with Gasteiger partial charge in [0.05, 0.1) is 10.8 Å². The van der Waals surface area contributed by atoms with Gasteiger partial charge in [-0.1, -0.05) is 6.07 Å². The van der Waals surface area contributed by atoms with Crippen LogP contribution in [0.5, 0.6) is 0 Å². The third kappa shape index (κ3) is 0.991. The summed E-state index contributed by atoms with van der Waals surface area (Å²) >= 11 is 3.38. The van der Waals surface area contributed by atoms with Gasteiger partial charge in [-0.2, -0.15) is 0 Å². The summed E-state index contributed by atoms with van der Waals surface area (Å²) in [7, 11) is 0. The first-order chi connectivity index (χ1) is 5.27. The molecule has 0 bridgehead atoms. The summed E-state index contributed by atoms with van der Waals surface area (Å²) in [6, 6.07) is 5.76. The second-order valence-electron chi connectivity index (χ2n) is 2.24. The molecule has 0 saturated heterocycles. The highest BCUT2D eigenvalue weighted by molar-refractivity contribution is 9.10. The molecule has 2 heterocycles. The number of halogens is 1. The summed E-state index contributed by atoms with van der Waals surface area (Å²) in [6.07, 6.45) is 1.78. The molecular weight excluding hydrogens is 206 g/mol. The van der Waals surface area contributed by atoms with Crippen molar-refractivity contribution in [3.05, 3.63) is 29.0 Å². The van der Waals surface area contributed by atoms with Crippen LogP contribution in [-0.2, 0) is 0 Å². The van der Waals surface area contributed by atoms with Gasteiger partial charge in [-0.3, -0.25) is 4.40 Å². The van der Waals surface area contributed by atoms with Gasteiger partial charge in [-0.15, -0.1) is 0 Å². The maximum absolute atomic E-state index is 5.51. The molecule has 0 aliphatic rings. The molecular formula is C7H6BrN3. The van der Waals surface area contributed by atoms with Gasteiger partial charge in [-0.05, 0) is 28.1 Å². The van der Waals surface area contributed by atoms with E-state index in [1.807, 2.05) is 22.6 Å². The zero-order valence-electron chi connectivity index (χ0n) is 5.66. The van der Waals surface area contributed by atoms with E-state index in [-0.39, 0.29) is 0 Å². The molecule has 0 aliphatic carbocycles. The van der Waals surface area contributed by atoms with Crippen molar-refractivity contribution < 1.29 is 0 Å². The third-order valence-corrected chi connectivity index (χ3v) is 2.11. The lowest BCUT2D eigenvalue weighted by molar-refractivity contribution is 1.14. The molecule has 2 N–H and O–H groups in total. The molecule has 0 unspecified atom stereocenters. The van der Waals surface area contributed by atoms with E-state index in [0.29, 0.717) is 5.82 Å². The van der Waals surface area contributed by atoms with Crippen LogP contribution in [0, 0.1) is 0 Å². The molecule has 0 atom stereocenters. The molecule has 0 aromatic carbocycles. The Hall–Kier alpha value is -1.03. The van der Waals surface area contributed by atoms with E-state index in [4.69, 9.17) is 5.73 Å². The number of aromatic nitrogens is 2. The molecule has 0 amide bonds. The minimum atomic E-state index is 0.539. The fourth-order valence-electron chi connectivity index (χ4n) is 0.996. The average molecular weight is 212 g/mol. The molecule has 2 aromatic rings. The number of imidazole rings is 1. The predicted octanol–water partition coefficient (Wildman–Crippen LogP) is 1.68. The number of hydrogen-bond acceptors (Lipinski definition) is 2. The summed E-state index contributed by atoms with van der Waals surface area (Å²) < 4.78 is 2.84. The van der Waals surface area contributed by atoms with E-state index in [2.05, 4.69) is 20.9 Å². The second-order valence-corrected chi connectivity index (χ2v) is 3.05. The van der Waals surface area contributed by atoms with E-state index < -0.39 is 0 Å². The number of rotatable bonds is 0. The lowest BCUT2D eigenvalue weighted by Crippen LogP contribution is -1.82. The molecule has 3 nitrogen and oxygen atoms in total. The smallest absolute Gasteiger partial charge is 0.142 e. The SMILES string of the molecule is Nc1cn2c(Br)cccc2n1. The molecule has 4 heteroatoms. The van der Waals surface area contributed by atoms with Crippen molar-refractivity contribution in [2.45, 2.75) is 0 Å². The first-order valence-corrected chi connectivity index (χ1v) is 3.96. The second kappa shape index (κ2) is 2.23. The first-order valence-electron chi connectivity index (χ1n) is 3.16. The maximum Gasteiger partial charge on any atom is 0.142 e. The summed E-state index contributed by atoms with van der Waals surface area (Å²) in [4.78, 5) is 4.08.